The Morgan fingerprint density at radius 2 is 2.44 bits per heavy atom. The summed E-state index contributed by atoms with van der Waals surface area (Å²) in [6, 6.07) is 1.92. The predicted octanol–water partition coefficient (Wildman–Crippen LogP) is 1.92. The molecule has 0 aromatic carbocycles. The first kappa shape index (κ1) is 11.5. The molecule has 88 valence electrons. The van der Waals surface area contributed by atoms with Crippen molar-refractivity contribution in [2.75, 3.05) is 12.9 Å². The highest BCUT2D eigenvalue weighted by Gasteiger charge is 2.44. The number of methoxy groups -OCH3 is 1. The number of aromatic nitrogens is 2. The first-order valence-electron chi connectivity index (χ1n) is 5.36. The molecule has 1 aromatic heterocycles. The van der Waals surface area contributed by atoms with Crippen molar-refractivity contribution < 1.29 is 9.53 Å². The van der Waals surface area contributed by atoms with Gasteiger partial charge in [0, 0.05) is 18.1 Å². The fraction of sp³-hybridized carbons (Fsp3) is 0.636. The van der Waals surface area contributed by atoms with E-state index in [1.807, 2.05) is 28.7 Å². The van der Waals surface area contributed by atoms with E-state index in [0.29, 0.717) is 6.42 Å². The highest BCUT2D eigenvalue weighted by molar-refractivity contribution is 7.98. The molecule has 0 unspecified atom stereocenters. The van der Waals surface area contributed by atoms with Gasteiger partial charge in [-0.05, 0) is 24.3 Å². The van der Waals surface area contributed by atoms with E-state index in [2.05, 4.69) is 5.10 Å². The van der Waals surface area contributed by atoms with Crippen LogP contribution in [0.4, 0.5) is 0 Å². The fourth-order valence-electron chi connectivity index (χ4n) is 1.66. The van der Waals surface area contributed by atoms with Crippen molar-refractivity contribution in [3.8, 4) is 0 Å². The van der Waals surface area contributed by atoms with Crippen LogP contribution in [0, 0.1) is 5.41 Å². The van der Waals surface area contributed by atoms with Crippen LogP contribution < -0.4 is 0 Å². The zero-order chi connectivity index (χ0) is 11.4. The number of hydrogen-bond acceptors (Lipinski definition) is 4. The molecular formula is C11H16N2O2S. The number of esters is 1. The number of hydrogen-bond donors (Lipinski definition) is 0. The molecule has 0 amide bonds. The second-order valence-corrected chi connectivity index (χ2v) is 5.23. The van der Waals surface area contributed by atoms with Crippen LogP contribution >= 0.6 is 11.8 Å². The van der Waals surface area contributed by atoms with Crippen LogP contribution in [-0.2, 0) is 15.4 Å². The van der Waals surface area contributed by atoms with E-state index in [-0.39, 0.29) is 11.4 Å². The quantitative estimate of drug-likeness (QED) is 0.713. The molecule has 1 aromatic rings. The summed E-state index contributed by atoms with van der Waals surface area (Å²) in [5, 5.41) is 4.14. The summed E-state index contributed by atoms with van der Waals surface area (Å²) in [6.07, 6.45) is 6.59. The number of nitrogens with zero attached hydrogens (tertiary/aromatic N) is 2. The molecule has 2 rings (SSSR count). The van der Waals surface area contributed by atoms with E-state index in [9.17, 15) is 4.79 Å². The third-order valence-corrected chi connectivity index (χ3v) is 4.16. The topological polar surface area (TPSA) is 44.1 Å². The van der Waals surface area contributed by atoms with Gasteiger partial charge in [0.25, 0.3) is 0 Å². The average Bonchev–Trinajstić information content (AvgIpc) is 2.83. The van der Waals surface area contributed by atoms with Gasteiger partial charge in [-0.2, -0.15) is 5.10 Å². The first-order chi connectivity index (χ1) is 7.74. The highest BCUT2D eigenvalue weighted by Crippen LogP contribution is 2.51. The van der Waals surface area contributed by atoms with Crippen LogP contribution in [0.5, 0.6) is 0 Å². The molecule has 1 saturated carbocycles. The van der Waals surface area contributed by atoms with Crippen molar-refractivity contribution in [2.45, 2.75) is 25.1 Å². The van der Waals surface area contributed by atoms with E-state index >= 15 is 0 Å². The van der Waals surface area contributed by atoms with Gasteiger partial charge in [-0.3, -0.25) is 9.48 Å². The number of rotatable bonds is 6. The maximum absolute atomic E-state index is 11.2. The summed E-state index contributed by atoms with van der Waals surface area (Å²) in [6.45, 7) is 0. The van der Waals surface area contributed by atoms with Gasteiger partial charge in [0.1, 0.15) is 0 Å². The molecule has 5 heteroatoms. The molecule has 1 fully saturated rings. The third kappa shape index (κ3) is 3.01. The summed E-state index contributed by atoms with van der Waals surface area (Å²) >= 11 is 1.83. The van der Waals surface area contributed by atoms with Crippen LogP contribution in [0.2, 0.25) is 0 Å². The summed E-state index contributed by atoms with van der Waals surface area (Å²) in [5.41, 5.74) is 0.213. The predicted molar refractivity (Wildman–Crippen MR) is 63.0 cm³/mol. The summed E-state index contributed by atoms with van der Waals surface area (Å²) < 4.78 is 6.61. The number of ether oxygens (including phenoxy) is 1. The van der Waals surface area contributed by atoms with Gasteiger partial charge in [0.2, 0.25) is 0 Å². The van der Waals surface area contributed by atoms with Gasteiger partial charge in [-0.25, -0.2) is 0 Å². The van der Waals surface area contributed by atoms with Crippen molar-refractivity contribution in [2.24, 2.45) is 5.41 Å². The number of carbonyl (C=O) groups excluding carboxylic acids is 1. The smallest absolute Gasteiger partial charge is 0.306 e. The average molecular weight is 240 g/mol. The second kappa shape index (κ2) is 4.91. The Morgan fingerprint density at radius 3 is 3.00 bits per heavy atom. The minimum Gasteiger partial charge on any atom is -0.469 e. The van der Waals surface area contributed by atoms with Crippen LogP contribution in [-0.4, -0.2) is 28.6 Å². The minimum atomic E-state index is -0.0859. The zero-order valence-electron chi connectivity index (χ0n) is 9.39. The van der Waals surface area contributed by atoms with Gasteiger partial charge in [-0.15, -0.1) is 11.8 Å². The molecular weight excluding hydrogens is 224 g/mol. The van der Waals surface area contributed by atoms with Crippen LogP contribution in [0.1, 0.15) is 19.3 Å². The maximum Gasteiger partial charge on any atom is 0.306 e. The van der Waals surface area contributed by atoms with Crippen LogP contribution in [0.3, 0.4) is 0 Å². The monoisotopic (exact) mass is 240 g/mol. The molecule has 0 N–H and O–H groups in total. The van der Waals surface area contributed by atoms with Crippen molar-refractivity contribution in [1.29, 1.82) is 0 Å². The Hall–Kier alpha value is -0.970. The molecule has 0 aliphatic heterocycles. The molecule has 1 aliphatic carbocycles. The van der Waals surface area contributed by atoms with Crippen molar-refractivity contribution in [3.05, 3.63) is 18.5 Å². The van der Waals surface area contributed by atoms with Crippen LogP contribution in [0.15, 0.2) is 18.5 Å². The van der Waals surface area contributed by atoms with E-state index in [1.54, 1.807) is 6.20 Å². The van der Waals surface area contributed by atoms with E-state index in [1.165, 1.54) is 7.11 Å². The summed E-state index contributed by atoms with van der Waals surface area (Å²) in [5.74, 6) is 1.79. The molecule has 1 heterocycles. The number of thioether (sulfide) groups is 1. The molecule has 16 heavy (non-hydrogen) atoms. The van der Waals surface area contributed by atoms with E-state index in [0.717, 1.165) is 24.5 Å². The minimum absolute atomic E-state index is 0.0859. The Balaban J connectivity index is 1.71. The Kier molecular flexibility index (Phi) is 3.53. The van der Waals surface area contributed by atoms with Gasteiger partial charge in [0.15, 0.2) is 0 Å². The van der Waals surface area contributed by atoms with Crippen molar-refractivity contribution >= 4 is 17.7 Å². The standard InChI is InChI=1S/C11H16N2O2S/c1-15-10(14)7-11(3-4-11)8-16-9-13-6-2-5-12-13/h2,5-6H,3-4,7-9H2,1H3. The molecule has 0 spiro atoms. The third-order valence-electron chi connectivity index (χ3n) is 2.90. The fourth-order valence-corrected chi connectivity index (χ4v) is 2.91. The zero-order valence-corrected chi connectivity index (χ0v) is 10.2. The molecule has 0 atom stereocenters. The lowest BCUT2D eigenvalue weighted by atomic mass is 10.1. The largest absolute Gasteiger partial charge is 0.469 e. The SMILES string of the molecule is COC(=O)CC1(CSCn2cccn2)CC1. The first-order valence-corrected chi connectivity index (χ1v) is 6.52. The van der Waals surface area contributed by atoms with E-state index in [4.69, 9.17) is 4.74 Å². The van der Waals surface area contributed by atoms with Gasteiger partial charge < -0.3 is 4.74 Å². The molecule has 1 aliphatic rings. The Morgan fingerprint density at radius 1 is 1.62 bits per heavy atom. The number of carbonyl (C=O) groups is 1. The maximum atomic E-state index is 11.2. The lowest BCUT2D eigenvalue weighted by molar-refractivity contribution is -0.141. The van der Waals surface area contributed by atoms with Gasteiger partial charge >= 0.3 is 5.97 Å². The summed E-state index contributed by atoms with van der Waals surface area (Å²) in [7, 11) is 1.45. The Labute approximate surface area is 99.4 Å². The molecule has 0 radical (unpaired) electrons. The summed E-state index contributed by atoms with van der Waals surface area (Å²) in [4.78, 5) is 11.2. The lowest BCUT2D eigenvalue weighted by Crippen LogP contribution is -2.13. The molecule has 0 bridgehead atoms. The molecule has 4 nitrogen and oxygen atoms in total. The van der Waals surface area contributed by atoms with Crippen molar-refractivity contribution in [1.82, 2.24) is 9.78 Å². The van der Waals surface area contributed by atoms with Crippen molar-refractivity contribution in [3.63, 3.8) is 0 Å². The lowest BCUT2D eigenvalue weighted by Gasteiger charge is -2.12. The normalized spacial score (nSPS) is 17.1. The highest BCUT2D eigenvalue weighted by atomic mass is 32.2. The van der Waals surface area contributed by atoms with Gasteiger partial charge in [-0.1, -0.05) is 0 Å². The Bertz CT molecular complexity index is 347. The van der Waals surface area contributed by atoms with E-state index < -0.39 is 0 Å². The van der Waals surface area contributed by atoms with Gasteiger partial charge in [0.05, 0.1) is 19.4 Å². The van der Waals surface area contributed by atoms with Crippen LogP contribution in [0.25, 0.3) is 0 Å². The molecule has 0 saturated heterocycles. The second-order valence-electron chi connectivity index (χ2n) is 4.28.